The summed E-state index contributed by atoms with van der Waals surface area (Å²) in [4.78, 5) is 51.5. The summed E-state index contributed by atoms with van der Waals surface area (Å²) in [5.41, 5.74) is 1.01. The number of nitrogens with zero attached hydrogens (tertiary/aromatic N) is 11. The Morgan fingerprint density at radius 2 is 1.27 bits per heavy atom. The first-order valence-corrected chi connectivity index (χ1v) is 27.8. The third kappa shape index (κ3) is 12.9. The second-order valence-corrected chi connectivity index (χ2v) is 23.2. The SMILES string of the molecule is CC[C@H]1O[C@@H](n2cnc3c(OCCC#N)nc(C)nc32)[C@@H](OCOC(=O)C(C)(C)C)C1O.CC[C@H]1O[C@@H](n2cnc3c(OCCC#N)nc(C)nc32)[C@@H](OCOC(=O)C(C)(C)C)C1O[P@@]1O[C@](C)(c2ccccc2)[C@@H]2CCCN21. The summed E-state index contributed by atoms with van der Waals surface area (Å²) in [7, 11) is -1.47. The number of carbonyl (C=O) groups is 2. The smallest absolute Gasteiger partial charge is 0.313 e. The Morgan fingerprint density at radius 1 is 0.759 bits per heavy atom. The van der Waals surface area contributed by atoms with E-state index >= 15 is 0 Å². The summed E-state index contributed by atoms with van der Waals surface area (Å²) in [5.74, 6) is 0.694. The van der Waals surface area contributed by atoms with Gasteiger partial charge in [0, 0.05) is 6.54 Å². The Morgan fingerprint density at radius 3 is 1.77 bits per heavy atom. The molecule has 4 aliphatic rings. The number of hydrogen-bond donors (Lipinski definition) is 1. The molecule has 1 aromatic carbocycles. The summed E-state index contributed by atoms with van der Waals surface area (Å²) in [6, 6.07) is 14.6. The van der Waals surface area contributed by atoms with Crippen molar-refractivity contribution in [3.05, 3.63) is 60.2 Å². The van der Waals surface area contributed by atoms with E-state index < -0.39 is 73.9 Å². The van der Waals surface area contributed by atoms with E-state index in [4.69, 9.17) is 57.5 Å². The van der Waals surface area contributed by atoms with Crippen molar-refractivity contribution < 1.29 is 61.6 Å². The van der Waals surface area contributed by atoms with Crippen LogP contribution >= 0.6 is 8.53 Å². The largest absolute Gasteiger partial charge is 0.475 e. The molecule has 0 amide bonds. The molecule has 0 bridgehead atoms. The monoisotopic (exact) mass is 1110 g/mol. The summed E-state index contributed by atoms with van der Waals surface area (Å²) in [6.45, 7) is 20.8. The van der Waals surface area contributed by atoms with E-state index in [1.165, 1.54) is 6.33 Å². The van der Waals surface area contributed by atoms with Crippen LogP contribution in [0.15, 0.2) is 43.0 Å². The first-order chi connectivity index (χ1) is 37.7. The number of aliphatic hydroxyl groups excluding tert-OH is 1. The summed E-state index contributed by atoms with van der Waals surface area (Å²) >= 11 is 0. The number of rotatable bonds is 19. The molecule has 426 valence electrons. The molecule has 79 heavy (non-hydrogen) atoms. The van der Waals surface area contributed by atoms with Crippen LogP contribution in [0.4, 0.5) is 0 Å². The van der Waals surface area contributed by atoms with Gasteiger partial charge in [0.05, 0.1) is 66.7 Å². The van der Waals surface area contributed by atoms with Gasteiger partial charge in [0.1, 0.15) is 54.9 Å². The number of fused-ring (bicyclic) bond motifs is 3. The molecule has 0 saturated carbocycles. The van der Waals surface area contributed by atoms with Gasteiger partial charge in [0.25, 0.3) is 8.53 Å². The molecule has 4 fully saturated rings. The van der Waals surface area contributed by atoms with E-state index in [0.29, 0.717) is 52.7 Å². The standard InChI is InChI=1S/C33H43N6O7P.C21H29N5O6/c1-7-23-26(45-47-39-17-11-15-24(39)33(6,46-47)22-13-9-8-10-14-22)27(42-20-43-31(40)32(3,4)5)30(44-23)38-19-35-25-28(38)36-21(2)37-29(25)41-18-12-16-34;1-6-13-15(27)16(30-11-31-20(28)21(3,4)5)19(32-13)26-10-23-14-17(26)24-12(2)25-18(14)29-9-7-8-22/h8-10,13-14,19,23-24,26-27,30H,7,11-12,15,17-18,20H2,1-6H3;10,13,15-16,19,27H,6-7,9,11H2,1-5H3/t23-,24+,26?,27+,30-,33-,47+;13-,15?,16+,19-/m11/s1. The highest BCUT2D eigenvalue weighted by Crippen LogP contribution is 2.64. The van der Waals surface area contributed by atoms with Gasteiger partial charge in [-0.3, -0.25) is 18.7 Å². The zero-order chi connectivity index (χ0) is 56.8. The summed E-state index contributed by atoms with van der Waals surface area (Å²) in [5, 5.41) is 28.5. The van der Waals surface area contributed by atoms with E-state index in [9.17, 15) is 14.7 Å². The zero-order valence-corrected chi connectivity index (χ0v) is 47.6. The van der Waals surface area contributed by atoms with Crippen LogP contribution in [-0.4, -0.2) is 137 Å². The third-order valence-electron chi connectivity index (χ3n) is 13.9. The van der Waals surface area contributed by atoms with Gasteiger partial charge in [-0.1, -0.05) is 44.2 Å². The van der Waals surface area contributed by atoms with E-state index in [2.05, 4.69) is 59.7 Å². The molecule has 2 unspecified atom stereocenters. The Labute approximate surface area is 460 Å². The second kappa shape index (κ2) is 25.2. The Hall–Kier alpha value is -6.05. The Kier molecular flexibility index (Phi) is 18.8. The number of ether oxygens (including phenoxy) is 8. The first-order valence-electron chi connectivity index (χ1n) is 26.7. The van der Waals surface area contributed by atoms with Crippen LogP contribution in [0, 0.1) is 47.3 Å². The second-order valence-electron chi connectivity index (χ2n) is 21.8. The van der Waals surface area contributed by atoms with Gasteiger partial charge in [0.2, 0.25) is 11.8 Å². The number of imidazole rings is 2. The lowest BCUT2D eigenvalue weighted by Gasteiger charge is -2.30. The van der Waals surface area contributed by atoms with Crippen molar-refractivity contribution in [3.8, 4) is 23.9 Å². The van der Waals surface area contributed by atoms with Crippen molar-refractivity contribution >= 4 is 42.8 Å². The number of esters is 2. The fourth-order valence-electron chi connectivity index (χ4n) is 9.72. The molecule has 0 radical (unpaired) electrons. The molecule has 11 atom stereocenters. The first kappa shape index (κ1) is 59.1. The minimum atomic E-state index is -1.47. The fraction of sp³-hybridized carbons (Fsp3) is 0.630. The van der Waals surface area contributed by atoms with Crippen LogP contribution in [0.3, 0.4) is 0 Å². The molecule has 25 heteroatoms. The van der Waals surface area contributed by atoms with Crippen LogP contribution < -0.4 is 9.47 Å². The molecule has 4 aliphatic heterocycles. The number of hydrogen-bond acceptors (Lipinski definition) is 22. The molecule has 0 aliphatic carbocycles. The number of benzene rings is 1. The molecule has 8 heterocycles. The van der Waals surface area contributed by atoms with Crippen molar-refractivity contribution in [2.75, 3.05) is 33.3 Å². The lowest BCUT2D eigenvalue weighted by molar-refractivity contribution is -0.179. The van der Waals surface area contributed by atoms with E-state index in [1.807, 2.05) is 38.1 Å². The van der Waals surface area contributed by atoms with Crippen molar-refractivity contribution in [1.29, 1.82) is 10.5 Å². The van der Waals surface area contributed by atoms with Crippen LogP contribution in [-0.2, 0) is 52.7 Å². The molecule has 0 spiro atoms. The highest BCUT2D eigenvalue weighted by atomic mass is 31.2. The maximum absolute atomic E-state index is 12.7. The van der Waals surface area contributed by atoms with Crippen molar-refractivity contribution in [1.82, 2.24) is 43.7 Å². The summed E-state index contributed by atoms with van der Waals surface area (Å²) < 4.78 is 66.6. The number of nitriles is 2. The Balaban J connectivity index is 0.000000224. The number of aryl methyl sites for hydroxylation is 2. The third-order valence-corrected chi connectivity index (χ3v) is 15.7. The normalized spacial score (nSPS) is 26.8. The van der Waals surface area contributed by atoms with Gasteiger partial charge in [0.15, 0.2) is 48.4 Å². The predicted octanol–water partition coefficient (Wildman–Crippen LogP) is 7.72. The van der Waals surface area contributed by atoms with Crippen LogP contribution in [0.2, 0.25) is 0 Å². The fourth-order valence-corrected chi connectivity index (χ4v) is 11.9. The van der Waals surface area contributed by atoms with Gasteiger partial charge >= 0.3 is 11.9 Å². The number of aliphatic hydroxyl groups is 1. The molecule has 24 nitrogen and oxygen atoms in total. The minimum absolute atomic E-state index is 0.177. The molecule has 4 aromatic heterocycles. The van der Waals surface area contributed by atoms with Crippen LogP contribution in [0.25, 0.3) is 22.3 Å². The van der Waals surface area contributed by atoms with Gasteiger partial charge < -0.3 is 52.0 Å². The summed E-state index contributed by atoms with van der Waals surface area (Å²) in [6.07, 6.45) is 1.47. The molecule has 1 N–H and O–H groups in total. The van der Waals surface area contributed by atoms with E-state index in [1.54, 1.807) is 70.9 Å². The molecular weight excluding hydrogens is 1040 g/mol. The number of carbonyl (C=O) groups excluding carboxylic acids is 2. The predicted molar refractivity (Wildman–Crippen MR) is 283 cm³/mol. The molecule has 5 aromatic rings. The molecule has 9 rings (SSSR count). The Bertz CT molecular complexity index is 2990. The van der Waals surface area contributed by atoms with Crippen molar-refractivity contribution in [3.63, 3.8) is 0 Å². The van der Waals surface area contributed by atoms with Gasteiger partial charge in [-0.05, 0) is 93.6 Å². The van der Waals surface area contributed by atoms with Crippen LogP contribution in [0.1, 0.15) is 131 Å². The highest BCUT2D eigenvalue weighted by molar-refractivity contribution is 7.45. The average molecular weight is 1110 g/mol. The zero-order valence-electron chi connectivity index (χ0n) is 46.7. The van der Waals surface area contributed by atoms with Crippen LogP contribution in [0.5, 0.6) is 11.8 Å². The number of aromatic nitrogens is 8. The topological polar surface area (TPSA) is 285 Å². The van der Waals surface area contributed by atoms with Crippen molar-refractivity contribution in [2.45, 2.75) is 175 Å². The lowest BCUT2D eigenvalue weighted by Crippen LogP contribution is -2.38. The maximum atomic E-state index is 12.7. The maximum Gasteiger partial charge on any atom is 0.313 e. The van der Waals surface area contributed by atoms with Gasteiger partial charge in [-0.2, -0.15) is 20.5 Å². The van der Waals surface area contributed by atoms with Gasteiger partial charge in [-0.15, -0.1) is 0 Å². The van der Waals surface area contributed by atoms with E-state index in [-0.39, 0.29) is 63.6 Å². The van der Waals surface area contributed by atoms with Gasteiger partial charge in [-0.25, -0.2) is 24.6 Å². The molecular formula is C54H72N11O13P. The quantitative estimate of drug-likeness (QED) is 0.0358. The van der Waals surface area contributed by atoms with Crippen molar-refractivity contribution in [2.24, 2.45) is 10.8 Å². The lowest BCUT2D eigenvalue weighted by atomic mass is 9.87. The average Bonchev–Trinajstić information content (AvgIpc) is 4.45. The van der Waals surface area contributed by atoms with E-state index in [0.717, 1.165) is 24.9 Å². The minimum Gasteiger partial charge on any atom is -0.475 e. The molecule has 4 saturated heterocycles. The highest BCUT2D eigenvalue weighted by Gasteiger charge is 2.58.